The number of fused-ring (bicyclic) bond motifs is 1. The number of benzene rings is 2. The zero-order valence-corrected chi connectivity index (χ0v) is 15.4. The SMILES string of the molecule is Fc1ccccc1-c1nnc(SCc2cccc3cccnc23)n1C1CC1. The van der Waals surface area contributed by atoms with Crippen LogP contribution in [0.15, 0.2) is 66.0 Å². The van der Waals surface area contributed by atoms with Gasteiger partial charge in [-0.15, -0.1) is 10.2 Å². The standard InChI is InChI=1S/C21H17FN4S/c22-18-9-2-1-8-17(18)20-24-25-21(26(20)16-10-11-16)27-13-15-6-3-5-14-7-4-12-23-19(14)15/h1-9,12,16H,10-11,13H2. The molecule has 0 N–H and O–H groups in total. The summed E-state index contributed by atoms with van der Waals surface area (Å²) < 4.78 is 16.4. The lowest BCUT2D eigenvalue weighted by atomic mass is 10.1. The van der Waals surface area contributed by atoms with Gasteiger partial charge in [0.15, 0.2) is 11.0 Å². The maximum Gasteiger partial charge on any atom is 0.192 e. The molecule has 1 aliphatic carbocycles. The minimum absolute atomic E-state index is 0.262. The van der Waals surface area contributed by atoms with E-state index in [1.165, 1.54) is 6.07 Å². The molecule has 2 aromatic heterocycles. The van der Waals surface area contributed by atoms with Crippen molar-refractivity contribution in [2.45, 2.75) is 29.8 Å². The molecule has 0 aliphatic heterocycles. The third-order valence-corrected chi connectivity index (χ3v) is 5.76. The van der Waals surface area contributed by atoms with E-state index in [9.17, 15) is 4.39 Å². The van der Waals surface area contributed by atoms with Gasteiger partial charge in [-0.3, -0.25) is 9.55 Å². The molecule has 0 saturated heterocycles. The summed E-state index contributed by atoms with van der Waals surface area (Å²) >= 11 is 1.63. The third-order valence-electron chi connectivity index (χ3n) is 4.76. The number of nitrogens with zero attached hydrogens (tertiary/aromatic N) is 4. The Morgan fingerprint density at radius 1 is 1.00 bits per heavy atom. The number of hydrogen-bond acceptors (Lipinski definition) is 4. The van der Waals surface area contributed by atoms with E-state index in [-0.39, 0.29) is 5.82 Å². The first-order valence-corrected chi connectivity index (χ1v) is 9.95. The van der Waals surface area contributed by atoms with Crippen LogP contribution in [-0.4, -0.2) is 19.7 Å². The molecule has 1 fully saturated rings. The number of rotatable bonds is 5. The van der Waals surface area contributed by atoms with Crippen LogP contribution >= 0.6 is 11.8 Å². The summed E-state index contributed by atoms with van der Waals surface area (Å²) in [6.07, 6.45) is 3.99. The molecule has 0 bridgehead atoms. The largest absolute Gasteiger partial charge is 0.299 e. The van der Waals surface area contributed by atoms with Crippen LogP contribution < -0.4 is 0 Å². The van der Waals surface area contributed by atoms with Crippen molar-refractivity contribution in [1.82, 2.24) is 19.7 Å². The smallest absolute Gasteiger partial charge is 0.192 e. The van der Waals surface area contributed by atoms with Gasteiger partial charge in [-0.1, -0.05) is 48.2 Å². The highest BCUT2D eigenvalue weighted by Gasteiger charge is 2.30. The summed E-state index contributed by atoms with van der Waals surface area (Å²) in [5.74, 6) is 1.10. The number of thioether (sulfide) groups is 1. The van der Waals surface area contributed by atoms with Crippen molar-refractivity contribution in [1.29, 1.82) is 0 Å². The Kier molecular flexibility index (Phi) is 4.13. The maximum absolute atomic E-state index is 14.3. The lowest BCUT2D eigenvalue weighted by Crippen LogP contribution is -2.01. The van der Waals surface area contributed by atoms with E-state index in [2.05, 4.69) is 44.0 Å². The quantitative estimate of drug-likeness (QED) is 0.446. The molecule has 0 amide bonds. The maximum atomic E-state index is 14.3. The van der Waals surface area contributed by atoms with Gasteiger partial charge in [0.2, 0.25) is 0 Å². The van der Waals surface area contributed by atoms with Crippen LogP contribution in [0.1, 0.15) is 24.4 Å². The number of hydrogen-bond donors (Lipinski definition) is 0. The Balaban J connectivity index is 1.48. The molecule has 2 aromatic carbocycles. The van der Waals surface area contributed by atoms with Gasteiger partial charge in [-0.2, -0.15) is 0 Å². The molecule has 0 radical (unpaired) electrons. The van der Waals surface area contributed by atoms with Crippen LogP contribution in [0, 0.1) is 5.82 Å². The van der Waals surface area contributed by atoms with Gasteiger partial charge in [-0.05, 0) is 36.6 Å². The first-order chi connectivity index (χ1) is 13.3. The van der Waals surface area contributed by atoms with E-state index in [0.717, 1.165) is 40.2 Å². The zero-order valence-electron chi connectivity index (χ0n) is 14.5. The van der Waals surface area contributed by atoms with Crippen molar-refractivity contribution < 1.29 is 4.39 Å². The first-order valence-electron chi connectivity index (χ1n) is 8.96. The van der Waals surface area contributed by atoms with Crippen LogP contribution in [0.25, 0.3) is 22.3 Å². The average Bonchev–Trinajstić information content (AvgIpc) is 3.46. The minimum atomic E-state index is -0.262. The van der Waals surface area contributed by atoms with Crippen LogP contribution in [0.3, 0.4) is 0 Å². The van der Waals surface area contributed by atoms with Gasteiger partial charge in [0.25, 0.3) is 0 Å². The molecule has 6 heteroatoms. The number of para-hydroxylation sites is 1. The summed E-state index contributed by atoms with van der Waals surface area (Å²) in [6.45, 7) is 0. The molecule has 134 valence electrons. The molecule has 1 saturated carbocycles. The van der Waals surface area contributed by atoms with Crippen LogP contribution in [0.5, 0.6) is 0 Å². The highest BCUT2D eigenvalue weighted by molar-refractivity contribution is 7.98. The van der Waals surface area contributed by atoms with Gasteiger partial charge in [-0.25, -0.2) is 4.39 Å². The van der Waals surface area contributed by atoms with Gasteiger partial charge in [0.05, 0.1) is 11.1 Å². The Morgan fingerprint density at radius 2 is 1.85 bits per heavy atom. The Hall–Kier alpha value is -2.73. The van der Waals surface area contributed by atoms with Crippen molar-refractivity contribution in [3.05, 3.63) is 72.2 Å². The van der Waals surface area contributed by atoms with Gasteiger partial charge in [0.1, 0.15) is 5.82 Å². The molecule has 5 rings (SSSR count). The second kappa shape index (κ2) is 6.78. The molecule has 2 heterocycles. The molecule has 4 aromatic rings. The van der Waals surface area contributed by atoms with Crippen molar-refractivity contribution in [3.63, 3.8) is 0 Å². The van der Waals surface area contributed by atoms with Crippen molar-refractivity contribution in [2.24, 2.45) is 0 Å². The fourth-order valence-electron chi connectivity index (χ4n) is 3.29. The van der Waals surface area contributed by atoms with Gasteiger partial charge < -0.3 is 0 Å². The Morgan fingerprint density at radius 3 is 2.70 bits per heavy atom. The Labute approximate surface area is 160 Å². The highest BCUT2D eigenvalue weighted by Crippen LogP contribution is 2.42. The van der Waals surface area contributed by atoms with Crippen molar-refractivity contribution in [2.75, 3.05) is 0 Å². The summed E-state index contributed by atoms with van der Waals surface area (Å²) in [6, 6.07) is 17.4. The predicted octanol–water partition coefficient (Wildman–Crippen LogP) is 5.26. The van der Waals surface area contributed by atoms with E-state index in [1.54, 1.807) is 23.9 Å². The van der Waals surface area contributed by atoms with Crippen LogP contribution in [-0.2, 0) is 5.75 Å². The first kappa shape index (κ1) is 16.4. The van der Waals surface area contributed by atoms with Gasteiger partial charge in [0, 0.05) is 23.4 Å². The highest BCUT2D eigenvalue weighted by atomic mass is 32.2. The molecule has 4 nitrogen and oxygen atoms in total. The lowest BCUT2D eigenvalue weighted by molar-refractivity contribution is 0.622. The second-order valence-electron chi connectivity index (χ2n) is 6.67. The molecule has 0 spiro atoms. The minimum Gasteiger partial charge on any atom is -0.299 e. The fraction of sp³-hybridized carbons (Fsp3) is 0.190. The third kappa shape index (κ3) is 3.10. The van der Waals surface area contributed by atoms with Crippen LogP contribution in [0.4, 0.5) is 4.39 Å². The fourth-order valence-corrected chi connectivity index (χ4v) is 4.28. The molecular weight excluding hydrogens is 359 g/mol. The normalized spacial score (nSPS) is 14.0. The zero-order chi connectivity index (χ0) is 18.2. The summed E-state index contributed by atoms with van der Waals surface area (Å²) in [5.41, 5.74) is 2.69. The van der Waals surface area contributed by atoms with Crippen molar-refractivity contribution >= 4 is 22.7 Å². The van der Waals surface area contributed by atoms with E-state index in [0.29, 0.717) is 17.4 Å². The number of halogens is 1. The molecule has 27 heavy (non-hydrogen) atoms. The summed E-state index contributed by atoms with van der Waals surface area (Å²) in [4.78, 5) is 4.52. The molecule has 0 atom stereocenters. The average molecular weight is 376 g/mol. The topological polar surface area (TPSA) is 43.6 Å². The molecule has 0 unspecified atom stereocenters. The molecular formula is C21H17FN4S. The van der Waals surface area contributed by atoms with E-state index in [4.69, 9.17) is 0 Å². The number of pyridine rings is 1. The summed E-state index contributed by atoms with van der Waals surface area (Å²) in [5, 5.41) is 10.7. The van der Waals surface area contributed by atoms with E-state index < -0.39 is 0 Å². The van der Waals surface area contributed by atoms with Crippen LogP contribution in [0.2, 0.25) is 0 Å². The predicted molar refractivity (Wildman–Crippen MR) is 105 cm³/mol. The molecule has 1 aliphatic rings. The van der Waals surface area contributed by atoms with Crippen molar-refractivity contribution in [3.8, 4) is 11.4 Å². The van der Waals surface area contributed by atoms with Gasteiger partial charge >= 0.3 is 0 Å². The van der Waals surface area contributed by atoms with E-state index in [1.807, 2.05) is 18.3 Å². The monoisotopic (exact) mass is 376 g/mol. The van der Waals surface area contributed by atoms with E-state index >= 15 is 0 Å². The summed E-state index contributed by atoms with van der Waals surface area (Å²) in [7, 11) is 0. The Bertz CT molecular complexity index is 1110. The lowest BCUT2D eigenvalue weighted by Gasteiger charge is -2.10. The number of aromatic nitrogens is 4. The second-order valence-corrected chi connectivity index (χ2v) is 7.61.